The lowest BCUT2D eigenvalue weighted by Crippen LogP contribution is -2.38. The van der Waals surface area contributed by atoms with Crippen molar-refractivity contribution in [3.05, 3.63) is 89.2 Å². The number of rotatable bonds is 4. The smallest absolute Gasteiger partial charge is 0.335 e. The first-order chi connectivity index (χ1) is 13.4. The SMILES string of the molecule is CC1(Cc2cccc(F)c2)CCc2cccc(-c3ccc(C(=O)O)cc3)c2O1. The van der Waals surface area contributed by atoms with Gasteiger partial charge in [-0.05, 0) is 60.7 Å². The van der Waals surface area contributed by atoms with E-state index >= 15 is 0 Å². The molecule has 28 heavy (non-hydrogen) atoms. The Hall–Kier alpha value is -3.14. The molecule has 0 saturated heterocycles. The summed E-state index contributed by atoms with van der Waals surface area (Å²) in [6.07, 6.45) is 2.34. The van der Waals surface area contributed by atoms with Crippen molar-refractivity contribution in [2.24, 2.45) is 0 Å². The van der Waals surface area contributed by atoms with E-state index in [-0.39, 0.29) is 11.4 Å². The van der Waals surface area contributed by atoms with E-state index < -0.39 is 11.6 Å². The van der Waals surface area contributed by atoms with Crippen molar-refractivity contribution in [1.82, 2.24) is 0 Å². The Morgan fingerprint density at radius 3 is 2.57 bits per heavy atom. The van der Waals surface area contributed by atoms with Gasteiger partial charge in [0, 0.05) is 12.0 Å². The highest BCUT2D eigenvalue weighted by Crippen LogP contribution is 2.41. The van der Waals surface area contributed by atoms with Crippen LogP contribution in [0.25, 0.3) is 11.1 Å². The highest BCUT2D eigenvalue weighted by molar-refractivity contribution is 5.88. The molecule has 0 aliphatic carbocycles. The molecule has 0 bridgehead atoms. The number of benzene rings is 3. The van der Waals surface area contributed by atoms with Gasteiger partial charge < -0.3 is 9.84 Å². The molecule has 1 aliphatic heterocycles. The van der Waals surface area contributed by atoms with Crippen LogP contribution in [0.5, 0.6) is 5.75 Å². The molecule has 1 aliphatic rings. The molecule has 4 heteroatoms. The average molecular weight is 376 g/mol. The number of ether oxygens (including phenoxy) is 1. The summed E-state index contributed by atoms with van der Waals surface area (Å²) in [6.45, 7) is 2.06. The molecule has 3 nitrogen and oxygen atoms in total. The molecule has 4 rings (SSSR count). The van der Waals surface area contributed by atoms with Crippen LogP contribution in [0.3, 0.4) is 0 Å². The molecule has 0 spiro atoms. The highest BCUT2D eigenvalue weighted by Gasteiger charge is 2.33. The molecule has 3 aromatic carbocycles. The van der Waals surface area contributed by atoms with E-state index in [9.17, 15) is 9.18 Å². The van der Waals surface area contributed by atoms with Crippen LogP contribution in [0.1, 0.15) is 34.8 Å². The van der Waals surface area contributed by atoms with Gasteiger partial charge in [-0.1, -0.05) is 42.5 Å². The van der Waals surface area contributed by atoms with E-state index in [1.54, 1.807) is 36.4 Å². The molecule has 0 saturated carbocycles. The molecule has 1 atom stereocenters. The maximum absolute atomic E-state index is 13.6. The molecule has 0 fully saturated rings. The van der Waals surface area contributed by atoms with Gasteiger partial charge in [-0.2, -0.15) is 0 Å². The zero-order valence-electron chi connectivity index (χ0n) is 15.6. The van der Waals surface area contributed by atoms with Gasteiger partial charge in [0.25, 0.3) is 0 Å². The molecule has 1 heterocycles. The summed E-state index contributed by atoms with van der Waals surface area (Å²) in [5, 5.41) is 9.12. The Morgan fingerprint density at radius 1 is 1.11 bits per heavy atom. The van der Waals surface area contributed by atoms with Crippen molar-refractivity contribution < 1.29 is 19.0 Å². The third kappa shape index (κ3) is 3.63. The summed E-state index contributed by atoms with van der Waals surface area (Å²) < 4.78 is 20.1. The molecular formula is C24H21FO3. The Morgan fingerprint density at radius 2 is 1.86 bits per heavy atom. The van der Waals surface area contributed by atoms with Crippen LogP contribution < -0.4 is 4.74 Å². The molecule has 142 valence electrons. The second-order valence-corrected chi connectivity index (χ2v) is 7.53. The molecule has 0 radical (unpaired) electrons. The first-order valence-corrected chi connectivity index (χ1v) is 9.33. The van der Waals surface area contributed by atoms with Gasteiger partial charge in [0.15, 0.2) is 0 Å². The van der Waals surface area contributed by atoms with E-state index in [4.69, 9.17) is 9.84 Å². The number of carboxylic acids is 1. The van der Waals surface area contributed by atoms with Crippen molar-refractivity contribution in [3.8, 4) is 16.9 Å². The molecule has 1 N–H and O–H groups in total. The zero-order valence-corrected chi connectivity index (χ0v) is 15.6. The van der Waals surface area contributed by atoms with E-state index in [1.807, 2.05) is 18.2 Å². The Labute approximate surface area is 163 Å². The number of aromatic carboxylic acids is 1. The van der Waals surface area contributed by atoms with Crippen molar-refractivity contribution >= 4 is 5.97 Å². The summed E-state index contributed by atoms with van der Waals surface area (Å²) >= 11 is 0. The molecule has 1 unspecified atom stereocenters. The standard InChI is InChI=1S/C24H21FO3/c1-24(15-16-4-2-6-20(25)14-16)13-12-18-5-3-7-21(22(18)28-24)17-8-10-19(11-9-17)23(26)27/h2-11,14H,12-13,15H2,1H3,(H,26,27). The fourth-order valence-corrected chi connectivity index (χ4v) is 3.82. The lowest BCUT2D eigenvalue weighted by Gasteiger charge is -2.37. The summed E-state index contributed by atoms with van der Waals surface area (Å²) in [4.78, 5) is 11.1. The van der Waals surface area contributed by atoms with Gasteiger partial charge in [0.1, 0.15) is 17.2 Å². The number of fused-ring (bicyclic) bond motifs is 1. The number of para-hydroxylation sites is 1. The predicted molar refractivity (Wildman–Crippen MR) is 106 cm³/mol. The maximum Gasteiger partial charge on any atom is 0.335 e. The van der Waals surface area contributed by atoms with Crippen LogP contribution in [-0.2, 0) is 12.8 Å². The van der Waals surface area contributed by atoms with Crippen LogP contribution in [0, 0.1) is 5.82 Å². The van der Waals surface area contributed by atoms with Crippen molar-refractivity contribution in [3.63, 3.8) is 0 Å². The first kappa shape index (κ1) is 18.2. The normalized spacial score (nSPS) is 18.2. The van der Waals surface area contributed by atoms with Crippen LogP contribution in [0.2, 0.25) is 0 Å². The number of carboxylic acid groups (broad SMARTS) is 1. The van der Waals surface area contributed by atoms with Gasteiger partial charge in [0.2, 0.25) is 0 Å². The fraction of sp³-hybridized carbons (Fsp3) is 0.208. The predicted octanol–water partition coefficient (Wildman–Crippen LogP) is 5.52. The summed E-state index contributed by atoms with van der Waals surface area (Å²) in [5.74, 6) is -0.354. The largest absolute Gasteiger partial charge is 0.486 e. The summed E-state index contributed by atoms with van der Waals surface area (Å²) in [7, 11) is 0. The average Bonchev–Trinajstić information content (AvgIpc) is 2.67. The molecule has 0 aromatic heterocycles. The van der Waals surface area contributed by atoms with E-state index in [2.05, 4.69) is 13.0 Å². The van der Waals surface area contributed by atoms with Gasteiger partial charge in [-0.15, -0.1) is 0 Å². The minimum Gasteiger partial charge on any atom is -0.486 e. The topological polar surface area (TPSA) is 46.5 Å². The van der Waals surface area contributed by atoms with Crippen molar-refractivity contribution in [1.29, 1.82) is 0 Å². The quantitative estimate of drug-likeness (QED) is 0.652. The van der Waals surface area contributed by atoms with E-state index in [0.29, 0.717) is 6.42 Å². The number of hydrogen-bond donors (Lipinski definition) is 1. The lowest BCUT2D eigenvalue weighted by molar-refractivity contribution is 0.0660. The number of hydrogen-bond acceptors (Lipinski definition) is 2. The van der Waals surface area contributed by atoms with Crippen LogP contribution in [-0.4, -0.2) is 16.7 Å². The second-order valence-electron chi connectivity index (χ2n) is 7.53. The Balaban J connectivity index is 1.66. The number of halogens is 1. The Bertz CT molecular complexity index is 1030. The third-order valence-electron chi connectivity index (χ3n) is 5.28. The minimum atomic E-state index is -0.944. The van der Waals surface area contributed by atoms with Gasteiger partial charge in [-0.3, -0.25) is 0 Å². The monoisotopic (exact) mass is 376 g/mol. The third-order valence-corrected chi connectivity index (χ3v) is 5.28. The second kappa shape index (κ2) is 7.12. The number of aryl methyl sites for hydroxylation is 1. The van der Waals surface area contributed by atoms with Gasteiger partial charge in [-0.25, -0.2) is 9.18 Å². The van der Waals surface area contributed by atoms with E-state index in [0.717, 1.165) is 40.8 Å². The van der Waals surface area contributed by atoms with Crippen molar-refractivity contribution in [2.75, 3.05) is 0 Å². The summed E-state index contributed by atoms with van der Waals surface area (Å²) in [5.41, 5.74) is 3.73. The molecular weight excluding hydrogens is 355 g/mol. The minimum absolute atomic E-state index is 0.239. The fourth-order valence-electron chi connectivity index (χ4n) is 3.82. The Kier molecular flexibility index (Phi) is 4.63. The highest BCUT2D eigenvalue weighted by atomic mass is 19.1. The van der Waals surface area contributed by atoms with E-state index in [1.165, 1.54) is 6.07 Å². The van der Waals surface area contributed by atoms with Gasteiger partial charge >= 0.3 is 5.97 Å². The van der Waals surface area contributed by atoms with Crippen LogP contribution in [0.4, 0.5) is 4.39 Å². The van der Waals surface area contributed by atoms with Crippen molar-refractivity contribution in [2.45, 2.75) is 31.8 Å². The first-order valence-electron chi connectivity index (χ1n) is 9.33. The maximum atomic E-state index is 13.6. The molecule has 0 amide bonds. The number of carbonyl (C=O) groups is 1. The van der Waals surface area contributed by atoms with Gasteiger partial charge in [0.05, 0.1) is 5.56 Å². The summed E-state index contributed by atoms with van der Waals surface area (Å²) in [6, 6.07) is 19.5. The molecule has 3 aromatic rings. The lowest BCUT2D eigenvalue weighted by atomic mass is 9.86. The zero-order chi connectivity index (χ0) is 19.7. The van der Waals surface area contributed by atoms with Crippen LogP contribution in [0.15, 0.2) is 66.7 Å². The van der Waals surface area contributed by atoms with Crippen LogP contribution >= 0.6 is 0 Å².